The summed E-state index contributed by atoms with van der Waals surface area (Å²) in [5.41, 5.74) is 16.7. The van der Waals surface area contributed by atoms with Crippen molar-refractivity contribution >= 4 is 21.9 Å². The van der Waals surface area contributed by atoms with Crippen LogP contribution in [-0.2, 0) is 5.41 Å². The van der Waals surface area contributed by atoms with Crippen molar-refractivity contribution < 1.29 is 4.42 Å². The molecule has 0 saturated heterocycles. The number of rotatable bonds is 4. The van der Waals surface area contributed by atoms with E-state index < -0.39 is 5.41 Å². The van der Waals surface area contributed by atoms with Crippen LogP contribution < -0.4 is 0 Å². The fraction of sp³-hybridized carbons (Fsp3) is 0.0192. The average molecular weight is 714 g/mol. The highest BCUT2D eigenvalue weighted by atomic mass is 16.3. The van der Waals surface area contributed by atoms with Gasteiger partial charge in [0.15, 0.2) is 17.5 Å². The molecule has 8 aromatic carbocycles. The minimum atomic E-state index is -0.457. The molecule has 0 aliphatic heterocycles. The maximum atomic E-state index is 6.59. The van der Waals surface area contributed by atoms with Crippen LogP contribution in [0, 0.1) is 0 Å². The zero-order valence-corrected chi connectivity index (χ0v) is 30.1. The van der Waals surface area contributed by atoms with Crippen molar-refractivity contribution in [2.45, 2.75) is 5.41 Å². The van der Waals surface area contributed by atoms with Crippen LogP contribution in [-0.4, -0.2) is 15.0 Å². The maximum absolute atomic E-state index is 6.59. The highest BCUT2D eigenvalue weighted by molar-refractivity contribution is 6.13. The molecule has 0 amide bonds. The van der Waals surface area contributed by atoms with Gasteiger partial charge in [0.1, 0.15) is 11.2 Å². The second kappa shape index (κ2) is 11.8. The molecule has 0 fully saturated rings. The van der Waals surface area contributed by atoms with Gasteiger partial charge < -0.3 is 4.42 Å². The van der Waals surface area contributed by atoms with Gasteiger partial charge in [-0.1, -0.05) is 170 Å². The molecule has 4 heteroatoms. The molecule has 2 aliphatic carbocycles. The van der Waals surface area contributed by atoms with Crippen LogP contribution >= 0.6 is 0 Å². The number of fused-ring (bicyclic) bond motifs is 13. The molecule has 12 rings (SSSR count). The Balaban J connectivity index is 1.11. The molecular formula is C52H31N3O. The molecule has 260 valence electrons. The van der Waals surface area contributed by atoms with Crippen molar-refractivity contribution in [3.8, 4) is 67.5 Å². The highest BCUT2D eigenvalue weighted by Gasteiger charge is 2.52. The highest BCUT2D eigenvalue weighted by Crippen LogP contribution is 2.64. The summed E-state index contributed by atoms with van der Waals surface area (Å²) in [5, 5.41) is 2.00. The maximum Gasteiger partial charge on any atom is 0.164 e. The summed E-state index contributed by atoms with van der Waals surface area (Å²) in [7, 11) is 0. The Labute approximate surface area is 323 Å². The molecule has 1 spiro atoms. The third-order valence-electron chi connectivity index (χ3n) is 11.8. The molecule has 2 aliphatic rings. The first-order chi connectivity index (χ1) is 27.8. The monoisotopic (exact) mass is 713 g/mol. The number of benzene rings is 8. The van der Waals surface area contributed by atoms with Crippen molar-refractivity contribution in [1.82, 2.24) is 15.0 Å². The predicted octanol–water partition coefficient (Wildman–Crippen LogP) is 12.8. The van der Waals surface area contributed by atoms with E-state index in [-0.39, 0.29) is 0 Å². The Morgan fingerprint density at radius 2 is 0.821 bits per heavy atom. The van der Waals surface area contributed by atoms with Gasteiger partial charge >= 0.3 is 0 Å². The van der Waals surface area contributed by atoms with Crippen LogP contribution in [0.15, 0.2) is 192 Å². The van der Waals surface area contributed by atoms with Crippen LogP contribution in [0.4, 0.5) is 0 Å². The van der Waals surface area contributed by atoms with Crippen LogP contribution in [0.25, 0.3) is 89.5 Å². The van der Waals surface area contributed by atoms with Crippen molar-refractivity contribution in [3.05, 3.63) is 210 Å². The molecule has 0 atom stereocenters. The minimum absolute atomic E-state index is 0.457. The van der Waals surface area contributed by atoms with Crippen LogP contribution in [0.1, 0.15) is 22.3 Å². The SMILES string of the molecule is c1ccc(-c2nc(-c3ccccc3)nc(-c3cccc4oc5ccc(-c6cccc7c6C6(c8ccccc8-c8ccccc86)c6ccccc6-7)cc5c34)n2)cc1. The second-order valence-electron chi connectivity index (χ2n) is 14.6. The third-order valence-corrected chi connectivity index (χ3v) is 11.8. The van der Waals surface area contributed by atoms with Crippen LogP contribution in [0.2, 0.25) is 0 Å². The lowest BCUT2D eigenvalue weighted by molar-refractivity contribution is 0.669. The largest absolute Gasteiger partial charge is 0.456 e. The Bertz CT molecular complexity index is 3080. The summed E-state index contributed by atoms with van der Waals surface area (Å²) in [5.74, 6) is 1.86. The quantitative estimate of drug-likeness (QED) is 0.182. The fourth-order valence-corrected chi connectivity index (χ4v) is 9.51. The van der Waals surface area contributed by atoms with E-state index in [2.05, 4.69) is 115 Å². The van der Waals surface area contributed by atoms with Gasteiger partial charge in [0, 0.05) is 27.5 Å². The second-order valence-corrected chi connectivity index (χ2v) is 14.6. The smallest absolute Gasteiger partial charge is 0.164 e. The Kier molecular flexibility index (Phi) is 6.52. The van der Waals surface area contributed by atoms with E-state index in [1.807, 2.05) is 72.8 Å². The van der Waals surface area contributed by atoms with E-state index in [4.69, 9.17) is 19.4 Å². The number of hydrogen-bond acceptors (Lipinski definition) is 4. The Hall–Kier alpha value is -7.43. The van der Waals surface area contributed by atoms with E-state index in [1.165, 1.54) is 50.1 Å². The summed E-state index contributed by atoms with van der Waals surface area (Å²) < 4.78 is 6.59. The standard InChI is InChI=1S/C52H31N3O/c1-3-15-32(16-4-1)49-53-50(33-17-5-2-6-18-33)55-51(54-49)40-24-14-28-46-47(40)41-31-34(29-30-45(41)56-46)35-22-13-23-39-38-21-9-12-27-44(38)52(48(35)39)42-25-10-7-19-36(42)37-20-8-11-26-43(37)52/h1-31H. The van der Waals surface area contributed by atoms with Crippen molar-refractivity contribution in [1.29, 1.82) is 0 Å². The van der Waals surface area contributed by atoms with Gasteiger partial charge in [-0.25, -0.2) is 15.0 Å². The molecule has 0 saturated carbocycles. The molecule has 0 N–H and O–H groups in total. The number of aromatic nitrogens is 3. The van der Waals surface area contributed by atoms with Gasteiger partial charge in [0.25, 0.3) is 0 Å². The van der Waals surface area contributed by atoms with E-state index in [9.17, 15) is 0 Å². The molecular weight excluding hydrogens is 683 g/mol. The molecule has 4 nitrogen and oxygen atoms in total. The summed E-state index contributed by atoms with van der Waals surface area (Å²) in [4.78, 5) is 15.2. The minimum Gasteiger partial charge on any atom is -0.456 e. The van der Waals surface area contributed by atoms with Gasteiger partial charge in [0.05, 0.1) is 5.41 Å². The van der Waals surface area contributed by atoms with Gasteiger partial charge in [-0.2, -0.15) is 0 Å². The topological polar surface area (TPSA) is 51.8 Å². The fourth-order valence-electron chi connectivity index (χ4n) is 9.51. The lowest BCUT2D eigenvalue weighted by atomic mass is 9.68. The van der Waals surface area contributed by atoms with Crippen molar-refractivity contribution in [2.75, 3.05) is 0 Å². The van der Waals surface area contributed by atoms with E-state index in [0.29, 0.717) is 17.5 Å². The first-order valence-electron chi connectivity index (χ1n) is 19.0. The Morgan fingerprint density at radius 1 is 0.339 bits per heavy atom. The van der Waals surface area contributed by atoms with E-state index >= 15 is 0 Å². The lowest BCUT2D eigenvalue weighted by Gasteiger charge is -2.32. The zero-order chi connectivity index (χ0) is 36.8. The van der Waals surface area contributed by atoms with Crippen LogP contribution in [0.5, 0.6) is 0 Å². The van der Waals surface area contributed by atoms with Gasteiger partial charge in [0.2, 0.25) is 0 Å². The van der Waals surface area contributed by atoms with Gasteiger partial charge in [-0.05, 0) is 73.8 Å². The van der Waals surface area contributed by atoms with E-state index in [1.54, 1.807) is 0 Å². The van der Waals surface area contributed by atoms with Gasteiger partial charge in [-0.15, -0.1) is 0 Å². The van der Waals surface area contributed by atoms with E-state index in [0.717, 1.165) is 44.2 Å². The first kappa shape index (κ1) is 31.0. The van der Waals surface area contributed by atoms with Crippen LogP contribution in [0.3, 0.4) is 0 Å². The third kappa shape index (κ3) is 4.27. The normalized spacial score (nSPS) is 13.1. The zero-order valence-electron chi connectivity index (χ0n) is 30.1. The molecule has 0 unspecified atom stereocenters. The van der Waals surface area contributed by atoms with Gasteiger partial charge in [-0.3, -0.25) is 0 Å². The molecule has 2 aromatic heterocycles. The predicted molar refractivity (Wildman–Crippen MR) is 225 cm³/mol. The molecule has 0 bridgehead atoms. The first-order valence-corrected chi connectivity index (χ1v) is 19.0. The molecule has 10 aromatic rings. The lowest BCUT2D eigenvalue weighted by Crippen LogP contribution is -2.26. The van der Waals surface area contributed by atoms with Crippen molar-refractivity contribution in [2.24, 2.45) is 0 Å². The Morgan fingerprint density at radius 3 is 1.45 bits per heavy atom. The molecule has 2 heterocycles. The summed E-state index contributed by atoms with van der Waals surface area (Å²) in [6, 6.07) is 66.7. The number of nitrogens with zero attached hydrogens (tertiary/aromatic N) is 3. The van der Waals surface area contributed by atoms with Crippen molar-refractivity contribution in [3.63, 3.8) is 0 Å². The molecule has 56 heavy (non-hydrogen) atoms. The summed E-state index contributed by atoms with van der Waals surface area (Å²) >= 11 is 0. The molecule has 0 radical (unpaired) electrons. The average Bonchev–Trinajstić information content (AvgIpc) is 3.91. The number of furan rings is 1. The summed E-state index contributed by atoms with van der Waals surface area (Å²) in [6.45, 7) is 0. The number of hydrogen-bond donors (Lipinski definition) is 0. The summed E-state index contributed by atoms with van der Waals surface area (Å²) in [6.07, 6.45) is 0.